The maximum atomic E-state index is 13.6. The number of aromatic nitrogens is 3. The Balaban J connectivity index is 1.85. The van der Waals surface area contributed by atoms with Gasteiger partial charge in [0.15, 0.2) is 5.82 Å². The molecule has 3 rings (SSSR count). The van der Waals surface area contributed by atoms with Crippen LogP contribution in [0.4, 0.5) is 10.2 Å². The summed E-state index contributed by atoms with van der Waals surface area (Å²) < 4.78 is 13.6. The fraction of sp³-hybridized carbons (Fsp3) is 0.526. The van der Waals surface area contributed by atoms with E-state index in [0.717, 1.165) is 25.9 Å². The Kier molecular flexibility index (Phi) is 6.44. The number of pyridine rings is 1. The van der Waals surface area contributed by atoms with Gasteiger partial charge in [-0.05, 0) is 38.2 Å². The first kappa shape index (κ1) is 21.2. The third-order valence-electron chi connectivity index (χ3n) is 5.55. The third kappa shape index (κ3) is 4.25. The van der Waals surface area contributed by atoms with Gasteiger partial charge in [0.05, 0.1) is 12.3 Å². The number of aliphatic hydroxyl groups is 1. The van der Waals surface area contributed by atoms with Crippen LogP contribution in [0.15, 0.2) is 22.2 Å². The molecule has 1 aliphatic heterocycles. The van der Waals surface area contributed by atoms with Crippen molar-refractivity contribution < 1.29 is 9.50 Å². The number of hydrogen-bond acceptors (Lipinski definition) is 7. The van der Waals surface area contributed by atoms with Crippen LogP contribution in [-0.4, -0.2) is 39.2 Å². The summed E-state index contributed by atoms with van der Waals surface area (Å²) in [6, 6.07) is 1.76. The van der Waals surface area contributed by atoms with Crippen molar-refractivity contribution in [3.05, 3.63) is 34.6 Å². The Morgan fingerprint density at radius 2 is 2.07 bits per heavy atom. The second kappa shape index (κ2) is 8.49. The molecule has 0 amide bonds. The highest BCUT2D eigenvalue weighted by molar-refractivity contribution is 7.99. The highest BCUT2D eigenvalue weighted by Crippen LogP contribution is 2.38. The lowest BCUT2D eigenvalue weighted by atomic mass is 9.75. The van der Waals surface area contributed by atoms with Gasteiger partial charge in [-0.15, -0.1) is 0 Å². The lowest BCUT2D eigenvalue weighted by molar-refractivity contribution is 0.204. The Labute approximate surface area is 173 Å². The molecule has 6 nitrogen and oxygen atoms in total. The Hall–Kier alpha value is -1.48. The largest absolute Gasteiger partial charge is 0.390 e. The zero-order chi connectivity index (χ0) is 20.5. The normalized spacial score (nSPS) is 17.6. The fourth-order valence-corrected chi connectivity index (χ4v) is 4.34. The molecule has 152 valence electrons. The van der Waals surface area contributed by atoms with E-state index in [1.807, 2.05) is 6.92 Å². The van der Waals surface area contributed by atoms with Crippen LogP contribution in [0.25, 0.3) is 0 Å². The quantitative estimate of drug-likeness (QED) is 0.708. The number of nitrogens with two attached hydrogens (primary N) is 1. The summed E-state index contributed by atoms with van der Waals surface area (Å²) in [6.07, 6.45) is 3.27. The first-order chi connectivity index (χ1) is 13.2. The number of rotatable bonds is 5. The molecule has 2 aromatic rings. The Morgan fingerprint density at radius 3 is 2.68 bits per heavy atom. The molecule has 1 saturated heterocycles. The lowest BCUT2D eigenvalue weighted by Crippen LogP contribution is -2.47. The van der Waals surface area contributed by atoms with Crippen LogP contribution < -0.4 is 10.6 Å². The average molecular weight is 426 g/mol. The standard InChI is InChI=1S/C19H25ClFN5OS/c1-11-18(28-14-4-7-23-16(21)15(14)20)25-13(10-27)17(24-11)26-8-5-19(3,6-9-26)12(2)22/h4,7,12,27H,5-6,8-10,22H2,1-3H3/t12-/m1/s1. The molecular weight excluding hydrogens is 401 g/mol. The van der Waals surface area contributed by atoms with Gasteiger partial charge in [0.25, 0.3) is 0 Å². The van der Waals surface area contributed by atoms with Gasteiger partial charge in [-0.3, -0.25) is 0 Å². The number of hydrogen-bond donors (Lipinski definition) is 2. The summed E-state index contributed by atoms with van der Waals surface area (Å²) in [5.74, 6) is -0.0233. The van der Waals surface area contributed by atoms with Crippen LogP contribution in [0.1, 0.15) is 38.1 Å². The van der Waals surface area contributed by atoms with Crippen molar-refractivity contribution in [3.63, 3.8) is 0 Å². The number of piperidine rings is 1. The highest BCUT2D eigenvalue weighted by Gasteiger charge is 2.34. The molecule has 2 aromatic heterocycles. The molecule has 0 aliphatic carbocycles. The molecule has 0 bridgehead atoms. The summed E-state index contributed by atoms with van der Waals surface area (Å²) in [4.78, 5) is 15.5. The smallest absolute Gasteiger partial charge is 0.232 e. The highest BCUT2D eigenvalue weighted by atomic mass is 35.5. The summed E-state index contributed by atoms with van der Waals surface area (Å²) in [6.45, 7) is 7.52. The second-order valence-corrected chi connectivity index (χ2v) is 8.90. The Bertz CT molecular complexity index is 858. The molecule has 0 spiro atoms. The van der Waals surface area contributed by atoms with E-state index in [4.69, 9.17) is 22.3 Å². The number of aryl methyl sites for hydroxylation is 1. The van der Waals surface area contributed by atoms with Crippen LogP contribution in [0.5, 0.6) is 0 Å². The molecular formula is C19H25ClFN5OS. The van der Waals surface area contributed by atoms with Crippen molar-refractivity contribution in [2.75, 3.05) is 18.0 Å². The molecule has 3 heterocycles. The summed E-state index contributed by atoms with van der Waals surface area (Å²) in [5, 5.41) is 10.4. The molecule has 1 atom stereocenters. The zero-order valence-corrected chi connectivity index (χ0v) is 17.8. The maximum absolute atomic E-state index is 13.6. The maximum Gasteiger partial charge on any atom is 0.232 e. The molecule has 0 unspecified atom stereocenters. The minimum Gasteiger partial charge on any atom is -0.390 e. The number of nitrogens with zero attached hydrogens (tertiary/aromatic N) is 4. The predicted octanol–water partition coefficient (Wildman–Crippen LogP) is 3.57. The predicted molar refractivity (Wildman–Crippen MR) is 109 cm³/mol. The monoisotopic (exact) mass is 425 g/mol. The van der Waals surface area contributed by atoms with Crippen LogP contribution in [-0.2, 0) is 6.61 Å². The van der Waals surface area contributed by atoms with Gasteiger partial charge in [0.2, 0.25) is 5.95 Å². The second-order valence-electron chi connectivity index (χ2n) is 7.49. The minimum atomic E-state index is -0.721. The summed E-state index contributed by atoms with van der Waals surface area (Å²) in [7, 11) is 0. The molecule has 28 heavy (non-hydrogen) atoms. The Morgan fingerprint density at radius 1 is 1.39 bits per heavy atom. The van der Waals surface area contributed by atoms with Crippen molar-refractivity contribution in [1.82, 2.24) is 15.0 Å². The zero-order valence-electron chi connectivity index (χ0n) is 16.2. The molecule has 0 radical (unpaired) electrons. The average Bonchev–Trinajstić information content (AvgIpc) is 2.67. The van der Waals surface area contributed by atoms with Gasteiger partial charge in [-0.1, -0.05) is 30.3 Å². The first-order valence-corrected chi connectivity index (χ1v) is 10.4. The molecule has 0 saturated carbocycles. The van der Waals surface area contributed by atoms with E-state index in [0.29, 0.717) is 27.1 Å². The lowest BCUT2D eigenvalue weighted by Gasteiger charge is -2.42. The number of aliphatic hydroxyl groups excluding tert-OH is 1. The van der Waals surface area contributed by atoms with Gasteiger partial charge < -0.3 is 15.7 Å². The van der Waals surface area contributed by atoms with Crippen molar-refractivity contribution in [1.29, 1.82) is 0 Å². The SMILES string of the molecule is Cc1nc(N2CCC(C)([C@@H](C)N)CC2)c(CO)nc1Sc1ccnc(F)c1Cl. The van der Waals surface area contributed by atoms with Crippen molar-refractivity contribution in [3.8, 4) is 0 Å². The topological polar surface area (TPSA) is 88.2 Å². The third-order valence-corrected chi connectivity index (χ3v) is 7.16. The molecule has 3 N–H and O–H groups in total. The van der Waals surface area contributed by atoms with Crippen molar-refractivity contribution >= 4 is 29.2 Å². The minimum absolute atomic E-state index is 0.0467. The van der Waals surface area contributed by atoms with Crippen LogP contribution in [0.2, 0.25) is 5.02 Å². The van der Waals surface area contributed by atoms with Crippen LogP contribution in [0, 0.1) is 18.3 Å². The van der Waals surface area contributed by atoms with Crippen molar-refractivity contribution in [2.24, 2.45) is 11.1 Å². The van der Waals surface area contributed by atoms with Gasteiger partial charge >= 0.3 is 0 Å². The first-order valence-electron chi connectivity index (χ1n) is 9.22. The molecule has 1 aliphatic rings. The fourth-order valence-electron chi connectivity index (χ4n) is 3.25. The van der Waals surface area contributed by atoms with E-state index in [1.165, 1.54) is 18.0 Å². The van der Waals surface area contributed by atoms with Gasteiger partial charge in [-0.2, -0.15) is 4.39 Å². The molecule has 1 fully saturated rings. The molecule has 0 aromatic carbocycles. The van der Waals surface area contributed by atoms with Gasteiger partial charge in [0, 0.05) is 30.2 Å². The van der Waals surface area contributed by atoms with E-state index in [1.54, 1.807) is 6.07 Å². The van der Waals surface area contributed by atoms with E-state index in [9.17, 15) is 9.50 Å². The molecule has 9 heteroatoms. The van der Waals surface area contributed by atoms with E-state index < -0.39 is 5.95 Å². The number of anilines is 1. The number of halogens is 2. The van der Waals surface area contributed by atoms with Gasteiger partial charge in [0.1, 0.15) is 15.7 Å². The van der Waals surface area contributed by atoms with E-state index in [2.05, 4.69) is 28.7 Å². The van der Waals surface area contributed by atoms with E-state index in [-0.39, 0.29) is 23.1 Å². The van der Waals surface area contributed by atoms with Crippen molar-refractivity contribution in [2.45, 2.75) is 56.2 Å². The van der Waals surface area contributed by atoms with Crippen LogP contribution in [0.3, 0.4) is 0 Å². The van der Waals surface area contributed by atoms with Crippen LogP contribution >= 0.6 is 23.4 Å². The summed E-state index contributed by atoms with van der Waals surface area (Å²) in [5.41, 5.74) is 7.46. The summed E-state index contributed by atoms with van der Waals surface area (Å²) >= 11 is 7.21. The van der Waals surface area contributed by atoms with E-state index >= 15 is 0 Å². The van der Waals surface area contributed by atoms with Gasteiger partial charge in [-0.25, -0.2) is 15.0 Å².